The number of fused-ring (bicyclic) bond motifs is 1. The average Bonchev–Trinajstić information content (AvgIpc) is 2.93. The molecule has 0 fully saturated rings. The molecule has 0 spiro atoms. The summed E-state index contributed by atoms with van der Waals surface area (Å²) in [6, 6.07) is 0. The molecule has 104 valence electrons. The van der Waals surface area contributed by atoms with Crippen LogP contribution in [0.15, 0.2) is 12.4 Å². The molecule has 0 saturated carbocycles. The first-order valence-electron chi connectivity index (χ1n) is 6.08. The van der Waals surface area contributed by atoms with E-state index >= 15 is 0 Å². The standard InChI is InChI=1S/C12H14ClN7/c1-6-8(5-20(3)19-6)16-12-17-10(14-2)9-7(13)4-15-11(9)18-12/h4-5H,1-3H3,(H3,14,15,16,17,18). The molecule has 0 aliphatic heterocycles. The fourth-order valence-electron chi connectivity index (χ4n) is 2.07. The highest BCUT2D eigenvalue weighted by atomic mass is 35.5. The van der Waals surface area contributed by atoms with E-state index in [0.717, 1.165) is 16.8 Å². The molecule has 0 aliphatic carbocycles. The minimum absolute atomic E-state index is 0.483. The van der Waals surface area contributed by atoms with Crippen LogP contribution in [-0.4, -0.2) is 31.8 Å². The average molecular weight is 292 g/mol. The summed E-state index contributed by atoms with van der Waals surface area (Å²) in [7, 11) is 3.66. The van der Waals surface area contributed by atoms with Crippen molar-refractivity contribution in [1.29, 1.82) is 0 Å². The monoisotopic (exact) mass is 291 g/mol. The molecular formula is C12H14ClN7. The Bertz CT molecular complexity index is 774. The number of aromatic amines is 1. The maximum atomic E-state index is 6.11. The van der Waals surface area contributed by atoms with E-state index in [1.165, 1.54) is 0 Å². The van der Waals surface area contributed by atoms with Crippen molar-refractivity contribution < 1.29 is 0 Å². The van der Waals surface area contributed by atoms with Crippen molar-refractivity contribution in [1.82, 2.24) is 24.7 Å². The van der Waals surface area contributed by atoms with E-state index in [9.17, 15) is 0 Å². The van der Waals surface area contributed by atoms with Gasteiger partial charge >= 0.3 is 0 Å². The van der Waals surface area contributed by atoms with Gasteiger partial charge in [0.05, 0.1) is 21.8 Å². The number of H-pyrrole nitrogens is 1. The molecule has 0 amide bonds. The van der Waals surface area contributed by atoms with Gasteiger partial charge in [0.1, 0.15) is 11.5 Å². The summed E-state index contributed by atoms with van der Waals surface area (Å²) in [6.07, 6.45) is 3.57. The van der Waals surface area contributed by atoms with Gasteiger partial charge in [-0.3, -0.25) is 4.68 Å². The van der Waals surface area contributed by atoms with Gasteiger partial charge in [0, 0.05) is 26.5 Å². The fraction of sp³-hybridized carbons (Fsp3) is 0.250. The van der Waals surface area contributed by atoms with Crippen molar-refractivity contribution in [2.45, 2.75) is 6.92 Å². The lowest BCUT2D eigenvalue weighted by molar-refractivity contribution is 0.756. The van der Waals surface area contributed by atoms with Crippen LogP contribution in [-0.2, 0) is 7.05 Å². The Labute approximate surface area is 120 Å². The van der Waals surface area contributed by atoms with Gasteiger partial charge in [-0.25, -0.2) is 0 Å². The number of aromatic nitrogens is 5. The summed E-state index contributed by atoms with van der Waals surface area (Å²) in [6.45, 7) is 1.92. The second kappa shape index (κ2) is 4.68. The van der Waals surface area contributed by atoms with Gasteiger partial charge in [-0.05, 0) is 6.92 Å². The first-order chi connectivity index (χ1) is 9.58. The normalized spacial score (nSPS) is 11.0. The van der Waals surface area contributed by atoms with Crippen LogP contribution in [0.4, 0.5) is 17.5 Å². The first kappa shape index (κ1) is 12.7. The summed E-state index contributed by atoms with van der Waals surface area (Å²) in [5.74, 6) is 1.15. The van der Waals surface area contributed by atoms with Crippen molar-refractivity contribution in [2.24, 2.45) is 7.05 Å². The van der Waals surface area contributed by atoms with E-state index in [1.807, 2.05) is 20.2 Å². The van der Waals surface area contributed by atoms with Gasteiger partial charge in [-0.15, -0.1) is 0 Å². The molecular weight excluding hydrogens is 278 g/mol. The zero-order valence-electron chi connectivity index (χ0n) is 11.3. The van der Waals surface area contributed by atoms with E-state index in [2.05, 4.69) is 30.7 Å². The van der Waals surface area contributed by atoms with E-state index < -0.39 is 0 Å². The number of halogens is 1. The molecule has 0 saturated heterocycles. The second-order valence-corrected chi connectivity index (χ2v) is 4.84. The third-order valence-electron chi connectivity index (χ3n) is 2.98. The Morgan fingerprint density at radius 3 is 2.80 bits per heavy atom. The zero-order valence-corrected chi connectivity index (χ0v) is 12.1. The van der Waals surface area contributed by atoms with E-state index in [-0.39, 0.29) is 0 Å². The summed E-state index contributed by atoms with van der Waals surface area (Å²) in [4.78, 5) is 11.9. The lowest BCUT2D eigenvalue weighted by Crippen LogP contribution is -2.02. The minimum atomic E-state index is 0.483. The molecule has 0 radical (unpaired) electrons. The van der Waals surface area contributed by atoms with Crippen molar-refractivity contribution in [2.75, 3.05) is 17.7 Å². The molecule has 0 aliphatic rings. The summed E-state index contributed by atoms with van der Waals surface area (Å²) in [5, 5.41) is 11.8. The minimum Gasteiger partial charge on any atom is -0.372 e. The van der Waals surface area contributed by atoms with Crippen LogP contribution in [0.5, 0.6) is 0 Å². The van der Waals surface area contributed by atoms with Crippen LogP contribution < -0.4 is 10.6 Å². The molecule has 0 aromatic carbocycles. The van der Waals surface area contributed by atoms with Crippen LogP contribution in [0.2, 0.25) is 5.02 Å². The second-order valence-electron chi connectivity index (χ2n) is 4.43. The van der Waals surface area contributed by atoms with Gasteiger partial charge in [0.15, 0.2) is 0 Å². The number of hydrogen-bond donors (Lipinski definition) is 3. The highest BCUT2D eigenvalue weighted by Gasteiger charge is 2.13. The summed E-state index contributed by atoms with van der Waals surface area (Å²) >= 11 is 6.11. The van der Waals surface area contributed by atoms with Crippen LogP contribution in [0.25, 0.3) is 11.0 Å². The molecule has 8 heteroatoms. The predicted octanol–water partition coefficient (Wildman–Crippen LogP) is 2.44. The third-order valence-corrected chi connectivity index (χ3v) is 3.28. The number of nitrogens with one attached hydrogen (secondary N) is 3. The van der Waals surface area contributed by atoms with Crippen LogP contribution in [0.3, 0.4) is 0 Å². The maximum Gasteiger partial charge on any atom is 0.231 e. The number of aryl methyl sites for hydroxylation is 2. The van der Waals surface area contributed by atoms with Crippen molar-refractivity contribution in [3.8, 4) is 0 Å². The lowest BCUT2D eigenvalue weighted by Gasteiger charge is -2.07. The highest BCUT2D eigenvalue weighted by Crippen LogP contribution is 2.29. The Kier molecular flexibility index (Phi) is 2.98. The third kappa shape index (κ3) is 2.05. The molecule has 0 atom stereocenters. The number of anilines is 3. The van der Waals surface area contributed by atoms with Crippen LogP contribution in [0.1, 0.15) is 5.69 Å². The van der Waals surface area contributed by atoms with Gasteiger partial charge in [-0.2, -0.15) is 15.1 Å². The van der Waals surface area contributed by atoms with Crippen LogP contribution in [0, 0.1) is 6.92 Å². The molecule has 3 heterocycles. The number of rotatable bonds is 3. The van der Waals surface area contributed by atoms with E-state index in [4.69, 9.17) is 11.6 Å². The SMILES string of the molecule is CNc1nc(Nc2cn(C)nc2C)nc2[nH]cc(Cl)c12. The van der Waals surface area contributed by atoms with Crippen molar-refractivity contribution in [3.05, 3.63) is 23.1 Å². The van der Waals surface area contributed by atoms with Crippen molar-refractivity contribution in [3.63, 3.8) is 0 Å². The maximum absolute atomic E-state index is 6.11. The fourth-order valence-corrected chi connectivity index (χ4v) is 2.31. The van der Waals surface area contributed by atoms with E-state index in [1.54, 1.807) is 17.9 Å². The Balaban J connectivity index is 2.06. The number of nitrogens with zero attached hydrogens (tertiary/aromatic N) is 4. The molecule has 20 heavy (non-hydrogen) atoms. The Hall–Kier alpha value is -2.28. The molecule has 3 aromatic heterocycles. The molecule has 0 bridgehead atoms. The largest absolute Gasteiger partial charge is 0.372 e. The molecule has 3 aromatic rings. The molecule has 0 unspecified atom stereocenters. The summed E-state index contributed by atoms with van der Waals surface area (Å²) in [5.41, 5.74) is 2.43. The highest BCUT2D eigenvalue weighted by molar-refractivity contribution is 6.36. The van der Waals surface area contributed by atoms with Gasteiger partial charge in [-0.1, -0.05) is 11.6 Å². The van der Waals surface area contributed by atoms with Gasteiger partial charge < -0.3 is 15.6 Å². The topological polar surface area (TPSA) is 83.4 Å². The lowest BCUT2D eigenvalue weighted by atomic mass is 10.3. The molecule has 3 rings (SSSR count). The predicted molar refractivity (Wildman–Crippen MR) is 79.7 cm³/mol. The van der Waals surface area contributed by atoms with E-state index in [0.29, 0.717) is 22.4 Å². The van der Waals surface area contributed by atoms with Crippen LogP contribution >= 0.6 is 11.6 Å². The Morgan fingerprint density at radius 2 is 2.15 bits per heavy atom. The first-order valence-corrected chi connectivity index (χ1v) is 6.46. The number of hydrogen-bond acceptors (Lipinski definition) is 5. The Morgan fingerprint density at radius 1 is 1.35 bits per heavy atom. The summed E-state index contributed by atoms with van der Waals surface area (Å²) < 4.78 is 1.74. The smallest absolute Gasteiger partial charge is 0.231 e. The molecule has 3 N–H and O–H groups in total. The quantitative estimate of drug-likeness (QED) is 0.690. The van der Waals surface area contributed by atoms with Gasteiger partial charge in [0.2, 0.25) is 5.95 Å². The van der Waals surface area contributed by atoms with Crippen molar-refractivity contribution >= 4 is 40.1 Å². The zero-order chi connectivity index (χ0) is 14.3. The molecule has 7 nitrogen and oxygen atoms in total. The van der Waals surface area contributed by atoms with Gasteiger partial charge in [0.25, 0.3) is 0 Å².